The summed E-state index contributed by atoms with van der Waals surface area (Å²) in [5.41, 5.74) is 4.75. The molecule has 1 aliphatic heterocycles. The van der Waals surface area contributed by atoms with Crippen LogP contribution in [0.5, 0.6) is 0 Å². The van der Waals surface area contributed by atoms with Crippen LogP contribution in [0.2, 0.25) is 0 Å². The number of fused-ring (bicyclic) bond motifs is 1. The molecule has 0 aliphatic carbocycles. The number of carbonyl (C=O) groups excluding carboxylic acids is 1. The van der Waals surface area contributed by atoms with E-state index in [0.717, 1.165) is 17.7 Å². The molecule has 1 aliphatic rings. The predicted molar refractivity (Wildman–Crippen MR) is 85.2 cm³/mol. The molecule has 1 atom stereocenters. The summed E-state index contributed by atoms with van der Waals surface area (Å²) in [6.45, 7) is 3.36. The fourth-order valence-electron chi connectivity index (χ4n) is 2.67. The minimum Gasteiger partial charge on any atom is -0.384 e. The van der Waals surface area contributed by atoms with Gasteiger partial charge in [0.2, 0.25) is 5.91 Å². The van der Waals surface area contributed by atoms with Crippen molar-refractivity contribution >= 4 is 11.6 Å². The number of aryl methyl sites for hydroxylation is 1. The topological polar surface area (TPSA) is 41.1 Å². The fraction of sp³-hybridized carbons (Fsp3) is 0.278. The number of anilines is 1. The van der Waals surface area contributed by atoms with Gasteiger partial charge in [-0.25, -0.2) is 0 Å². The minimum atomic E-state index is 0.00495. The second-order valence-electron chi connectivity index (χ2n) is 5.64. The van der Waals surface area contributed by atoms with E-state index in [4.69, 9.17) is 0 Å². The highest BCUT2D eigenvalue weighted by atomic mass is 16.1. The number of carbonyl (C=O) groups is 1. The molecule has 108 valence electrons. The van der Waals surface area contributed by atoms with E-state index in [1.165, 1.54) is 11.1 Å². The van der Waals surface area contributed by atoms with Crippen molar-refractivity contribution in [2.45, 2.75) is 19.9 Å². The van der Waals surface area contributed by atoms with E-state index in [1.54, 1.807) is 0 Å². The molecule has 0 bridgehead atoms. The molecular weight excluding hydrogens is 260 g/mol. The number of hydrogen-bond donors (Lipinski definition) is 2. The van der Waals surface area contributed by atoms with Crippen molar-refractivity contribution in [3.8, 4) is 0 Å². The van der Waals surface area contributed by atoms with E-state index < -0.39 is 0 Å². The van der Waals surface area contributed by atoms with Gasteiger partial charge in [0.15, 0.2) is 0 Å². The molecule has 3 heteroatoms. The summed E-state index contributed by atoms with van der Waals surface area (Å²) in [6.07, 6.45) is 0.808. The Labute approximate surface area is 125 Å². The summed E-state index contributed by atoms with van der Waals surface area (Å²) >= 11 is 0. The van der Waals surface area contributed by atoms with Crippen LogP contribution < -0.4 is 10.6 Å². The lowest BCUT2D eigenvalue weighted by molar-refractivity contribution is -0.124. The van der Waals surface area contributed by atoms with Gasteiger partial charge in [-0.3, -0.25) is 4.79 Å². The Bertz CT molecular complexity index is 634. The molecule has 1 heterocycles. The molecule has 1 amide bonds. The van der Waals surface area contributed by atoms with Crippen LogP contribution >= 0.6 is 0 Å². The maximum absolute atomic E-state index is 12.3. The highest BCUT2D eigenvalue weighted by Gasteiger charge is 2.23. The van der Waals surface area contributed by atoms with Crippen molar-refractivity contribution in [1.82, 2.24) is 5.32 Å². The minimum absolute atomic E-state index is 0.00495. The third kappa shape index (κ3) is 3.24. The summed E-state index contributed by atoms with van der Waals surface area (Å²) < 4.78 is 0. The third-order valence-corrected chi connectivity index (χ3v) is 3.98. The summed E-state index contributed by atoms with van der Waals surface area (Å²) in [6, 6.07) is 16.4. The zero-order valence-corrected chi connectivity index (χ0v) is 12.2. The average Bonchev–Trinajstić information content (AvgIpc) is 2.53. The van der Waals surface area contributed by atoms with Gasteiger partial charge < -0.3 is 10.6 Å². The molecule has 2 N–H and O–H groups in total. The predicted octanol–water partition coefficient (Wildman–Crippen LogP) is 2.90. The molecule has 0 saturated carbocycles. The first kappa shape index (κ1) is 13.7. The highest BCUT2D eigenvalue weighted by Crippen LogP contribution is 2.24. The lowest BCUT2D eigenvalue weighted by Crippen LogP contribution is -2.37. The van der Waals surface area contributed by atoms with Crippen LogP contribution in [0.1, 0.15) is 16.7 Å². The zero-order chi connectivity index (χ0) is 14.7. The molecule has 0 saturated heterocycles. The number of rotatable bonds is 3. The smallest absolute Gasteiger partial charge is 0.225 e. The van der Waals surface area contributed by atoms with Crippen LogP contribution in [-0.2, 0) is 17.8 Å². The van der Waals surface area contributed by atoms with E-state index in [9.17, 15) is 4.79 Å². The maximum atomic E-state index is 12.3. The van der Waals surface area contributed by atoms with Crippen LogP contribution in [0.4, 0.5) is 5.69 Å². The maximum Gasteiger partial charge on any atom is 0.225 e. The lowest BCUT2D eigenvalue weighted by Gasteiger charge is -2.25. The van der Waals surface area contributed by atoms with Gasteiger partial charge in [-0.05, 0) is 30.5 Å². The normalized spacial score (nSPS) is 16.7. The van der Waals surface area contributed by atoms with Gasteiger partial charge in [-0.1, -0.05) is 48.0 Å². The van der Waals surface area contributed by atoms with E-state index in [0.29, 0.717) is 13.1 Å². The largest absolute Gasteiger partial charge is 0.384 e. The zero-order valence-electron chi connectivity index (χ0n) is 12.2. The molecule has 3 rings (SSSR count). The monoisotopic (exact) mass is 280 g/mol. The van der Waals surface area contributed by atoms with E-state index in [-0.39, 0.29) is 11.8 Å². The third-order valence-electron chi connectivity index (χ3n) is 3.98. The summed E-state index contributed by atoms with van der Waals surface area (Å²) in [4.78, 5) is 12.3. The molecule has 0 spiro atoms. The molecule has 2 aromatic rings. The van der Waals surface area contributed by atoms with E-state index >= 15 is 0 Å². The Balaban J connectivity index is 1.58. The van der Waals surface area contributed by atoms with Crippen molar-refractivity contribution in [2.75, 3.05) is 11.9 Å². The Morgan fingerprint density at radius 3 is 2.76 bits per heavy atom. The van der Waals surface area contributed by atoms with Crippen LogP contribution in [-0.4, -0.2) is 12.5 Å². The lowest BCUT2D eigenvalue weighted by atomic mass is 9.93. The first-order valence-corrected chi connectivity index (χ1v) is 7.37. The fourth-order valence-corrected chi connectivity index (χ4v) is 2.67. The first-order valence-electron chi connectivity index (χ1n) is 7.37. The van der Waals surface area contributed by atoms with Crippen LogP contribution in [0.3, 0.4) is 0 Å². The van der Waals surface area contributed by atoms with Gasteiger partial charge in [0, 0.05) is 18.8 Å². The summed E-state index contributed by atoms with van der Waals surface area (Å²) in [5, 5.41) is 6.38. The van der Waals surface area contributed by atoms with Gasteiger partial charge in [0.05, 0.1) is 5.92 Å². The Morgan fingerprint density at radius 2 is 1.95 bits per heavy atom. The molecule has 0 radical (unpaired) electrons. The van der Waals surface area contributed by atoms with Crippen LogP contribution in [0, 0.1) is 12.8 Å². The van der Waals surface area contributed by atoms with Crippen molar-refractivity contribution in [3.63, 3.8) is 0 Å². The standard InChI is InChI=1S/C18H20N2O/c1-13-6-8-14(9-7-13)11-20-18(21)16-10-15-4-2-3-5-17(15)19-12-16/h2-9,16,19H,10-12H2,1H3,(H,20,21). The Morgan fingerprint density at radius 1 is 1.19 bits per heavy atom. The van der Waals surface area contributed by atoms with Gasteiger partial charge in [0.1, 0.15) is 0 Å². The van der Waals surface area contributed by atoms with Gasteiger partial charge in [-0.15, -0.1) is 0 Å². The molecule has 0 aromatic heterocycles. The number of amides is 1. The number of nitrogens with one attached hydrogen (secondary N) is 2. The second-order valence-corrected chi connectivity index (χ2v) is 5.64. The molecular formula is C18H20N2O. The SMILES string of the molecule is Cc1ccc(CNC(=O)C2CNc3ccccc3C2)cc1. The van der Waals surface area contributed by atoms with Crippen LogP contribution in [0.15, 0.2) is 48.5 Å². The number of benzene rings is 2. The Kier molecular flexibility index (Phi) is 3.91. The van der Waals surface area contributed by atoms with Gasteiger partial charge in [0.25, 0.3) is 0 Å². The average molecular weight is 280 g/mol. The Hall–Kier alpha value is -2.29. The quantitative estimate of drug-likeness (QED) is 0.907. The van der Waals surface area contributed by atoms with Crippen LogP contribution in [0.25, 0.3) is 0 Å². The molecule has 2 aromatic carbocycles. The molecule has 3 nitrogen and oxygen atoms in total. The summed E-state index contributed by atoms with van der Waals surface area (Å²) in [7, 11) is 0. The highest BCUT2D eigenvalue weighted by molar-refractivity contribution is 5.80. The first-order chi connectivity index (χ1) is 10.2. The summed E-state index contributed by atoms with van der Waals surface area (Å²) in [5.74, 6) is 0.128. The molecule has 1 unspecified atom stereocenters. The van der Waals surface area contributed by atoms with Crippen molar-refractivity contribution in [3.05, 3.63) is 65.2 Å². The van der Waals surface area contributed by atoms with Crippen molar-refractivity contribution in [2.24, 2.45) is 5.92 Å². The number of hydrogen-bond acceptors (Lipinski definition) is 2. The van der Waals surface area contributed by atoms with Crippen molar-refractivity contribution in [1.29, 1.82) is 0 Å². The van der Waals surface area contributed by atoms with Crippen molar-refractivity contribution < 1.29 is 4.79 Å². The number of para-hydroxylation sites is 1. The van der Waals surface area contributed by atoms with Gasteiger partial charge in [-0.2, -0.15) is 0 Å². The molecule has 0 fully saturated rings. The second kappa shape index (κ2) is 6.00. The molecule has 21 heavy (non-hydrogen) atoms. The van der Waals surface area contributed by atoms with Gasteiger partial charge >= 0.3 is 0 Å². The van der Waals surface area contributed by atoms with E-state index in [2.05, 4.69) is 54.0 Å². The van der Waals surface area contributed by atoms with E-state index in [1.807, 2.05) is 12.1 Å².